The Bertz CT molecular complexity index is 973. The molecule has 0 aromatic heterocycles. The summed E-state index contributed by atoms with van der Waals surface area (Å²) in [4.78, 5) is 26.7. The second-order valence-electron chi connectivity index (χ2n) is 11.3. The molecule has 184 valence electrons. The number of benzene rings is 2. The van der Waals surface area contributed by atoms with Crippen LogP contribution in [0.4, 0.5) is 4.79 Å². The van der Waals surface area contributed by atoms with Crippen LogP contribution < -0.4 is 10.4 Å². The van der Waals surface area contributed by atoms with Gasteiger partial charge in [-0.2, -0.15) is 0 Å². The molecule has 3 rings (SSSR count). The molecule has 1 aliphatic heterocycles. The average molecular weight is 484 g/mol. The van der Waals surface area contributed by atoms with Crippen molar-refractivity contribution in [2.24, 2.45) is 0 Å². The van der Waals surface area contributed by atoms with E-state index in [-0.39, 0.29) is 18.0 Å². The van der Waals surface area contributed by atoms with Gasteiger partial charge < -0.3 is 14.3 Å². The van der Waals surface area contributed by atoms with Gasteiger partial charge in [-0.05, 0) is 43.1 Å². The summed E-state index contributed by atoms with van der Waals surface area (Å²) in [6.07, 6.45) is -0.905. The van der Waals surface area contributed by atoms with E-state index in [4.69, 9.17) is 9.16 Å². The number of likely N-dealkylation sites (tertiary alicyclic amines) is 1. The van der Waals surface area contributed by atoms with Crippen LogP contribution in [0.5, 0.6) is 0 Å². The normalized spacial score (nSPS) is 21.4. The molecule has 2 aromatic carbocycles. The number of carboxylic acids is 1. The number of nitrogens with zero attached hydrogens (tertiary/aromatic N) is 1. The molecule has 1 heterocycles. The highest BCUT2D eigenvalue weighted by molar-refractivity contribution is 6.99. The maximum absolute atomic E-state index is 13.0. The van der Waals surface area contributed by atoms with Crippen molar-refractivity contribution >= 4 is 30.8 Å². The topological polar surface area (TPSA) is 76.1 Å². The number of carbonyl (C=O) groups is 2. The number of carbonyl (C=O) groups excluding carboxylic acids is 1. The van der Waals surface area contributed by atoms with Crippen LogP contribution in [-0.2, 0) is 14.0 Å². The number of ether oxygens (including phenoxy) is 1. The number of hydrogen-bond acceptors (Lipinski definition) is 4. The standard InChI is InChI=1S/C27H37NO5Si/c1-25(2,3)32-24(31)28-19-20(18-27(28,7)23(29)30)33-34(26(4,5)6,21-14-10-8-11-15-21)22-16-12-9-13-17-22/h8-17,20H,18-19H2,1-7H3,(H,29,30)/t20-,27-/m1/s1. The predicted molar refractivity (Wildman–Crippen MR) is 136 cm³/mol. The number of aliphatic carboxylic acids is 1. The number of amides is 1. The molecule has 2 aromatic rings. The molecular formula is C27H37NO5Si. The zero-order chi connectivity index (χ0) is 25.4. The minimum absolute atomic E-state index is 0.155. The minimum atomic E-state index is -2.89. The number of carboxylic acid groups (broad SMARTS) is 1. The van der Waals surface area contributed by atoms with E-state index in [1.54, 1.807) is 27.7 Å². The van der Waals surface area contributed by atoms with Crippen molar-refractivity contribution in [1.29, 1.82) is 0 Å². The molecule has 1 N–H and O–H groups in total. The maximum atomic E-state index is 13.0. The fourth-order valence-electron chi connectivity index (χ4n) is 4.84. The second kappa shape index (κ2) is 9.19. The van der Waals surface area contributed by atoms with Crippen molar-refractivity contribution in [2.75, 3.05) is 6.54 Å². The summed E-state index contributed by atoms with van der Waals surface area (Å²) in [5, 5.41) is 12.1. The summed E-state index contributed by atoms with van der Waals surface area (Å²) >= 11 is 0. The van der Waals surface area contributed by atoms with Gasteiger partial charge in [-0.15, -0.1) is 0 Å². The third-order valence-corrected chi connectivity index (χ3v) is 11.5. The van der Waals surface area contributed by atoms with Gasteiger partial charge in [0, 0.05) is 6.42 Å². The Morgan fingerprint density at radius 2 is 1.41 bits per heavy atom. The fraction of sp³-hybridized carbons (Fsp3) is 0.481. The van der Waals surface area contributed by atoms with Gasteiger partial charge in [0.15, 0.2) is 0 Å². The van der Waals surface area contributed by atoms with E-state index < -0.39 is 37.6 Å². The molecule has 0 aliphatic carbocycles. The molecule has 0 unspecified atom stereocenters. The van der Waals surface area contributed by atoms with Gasteiger partial charge >= 0.3 is 12.1 Å². The van der Waals surface area contributed by atoms with Crippen molar-refractivity contribution in [1.82, 2.24) is 4.90 Å². The third kappa shape index (κ3) is 4.91. The van der Waals surface area contributed by atoms with Gasteiger partial charge in [0.25, 0.3) is 8.32 Å². The Morgan fingerprint density at radius 3 is 1.79 bits per heavy atom. The third-order valence-electron chi connectivity index (χ3n) is 6.44. The zero-order valence-corrected chi connectivity index (χ0v) is 22.3. The molecule has 0 saturated carbocycles. The maximum Gasteiger partial charge on any atom is 0.411 e. The van der Waals surface area contributed by atoms with E-state index in [0.717, 1.165) is 10.4 Å². The first-order chi connectivity index (χ1) is 15.7. The van der Waals surface area contributed by atoms with Crippen molar-refractivity contribution in [3.05, 3.63) is 60.7 Å². The van der Waals surface area contributed by atoms with Crippen LogP contribution >= 0.6 is 0 Å². The minimum Gasteiger partial charge on any atom is -0.480 e. The zero-order valence-electron chi connectivity index (χ0n) is 21.3. The Hall–Kier alpha value is -2.64. The van der Waals surface area contributed by atoms with Crippen molar-refractivity contribution in [2.45, 2.75) is 77.2 Å². The van der Waals surface area contributed by atoms with E-state index in [9.17, 15) is 14.7 Å². The molecule has 7 heteroatoms. The molecule has 1 fully saturated rings. The van der Waals surface area contributed by atoms with Crippen molar-refractivity contribution < 1.29 is 23.9 Å². The monoisotopic (exact) mass is 483 g/mol. The molecule has 1 amide bonds. The molecule has 2 atom stereocenters. The van der Waals surface area contributed by atoms with Crippen LogP contribution in [0.15, 0.2) is 60.7 Å². The van der Waals surface area contributed by atoms with Crippen molar-refractivity contribution in [3.8, 4) is 0 Å². The van der Waals surface area contributed by atoms with Crippen LogP contribution in [0.25, 0.3) is 0 Å². The predicted octanol–water partition coefficient (Wildman–Crippen LogP) is 4.42. The van der Waals surface area contributed by atoms with Crippen LogP contribution in [-0.4, -0.2) is 54.2 Å². The van der Waals surface area contributed by atoms with E-state index in [0.29, 0.717) is 0 Å². The molecule has 1 saturated heterocycles. The largest absolute Gasteiger partial charge is 0.480 e. The summed E-state index contributed by atoms with van der Waals surface area (Å²) in [6, 6.07) is 20.4. The summed E-state index contributed by atoms with van der Waals surface area (Å²) < 4.78 is 12.7. The quantitative estimate of drug-likeness (QED) is 0.638. The SMILES string of the molecule is CC(C)(C)OC(=O)N1C[C@H](O[Si](c2ccccc2)(c2ccccc2)C(C)(C)C)C[C@]1(C)C(=O)O. The van der Waals surface area contributed by atoms with Crippen molar-refractivity contribution in [3.63, 3.8) is 0 Å². The van der Waals surface area contributed by atoms with Gasteiger partial charge in [-0.1, -0.05) is 81.4 Å². The second-order valence-corrected chi connectivity index (χ2v) is 15.5. The van der Waals surface area contributed by atoms with Crippen LogP contribution in [0.1, 0.15) is 54.9 Å². The Kier molecular flexibility index (Phi) is 7.02. The average Bonchev–Trinajstić information content (AvgIpc) is 3.09. The van der Waals surface area contributed by atoms with E-state index >= 15 is 0 Å². The highest BCUT2D eigenvalue weighted by Gasteiger charge is 2.57. The lowest BCUT2D eigenvalue weighted by molar-refractivity contribution is -0.148. The first-order valence-corrected chi connectivity index (χ1v) is 13.6. The Labute approximate surface area is 204 Å². The van der Waals surface area contributed by atoms with Gasteiger partial charge in [-0.3, -0.25) is 4.90 Å². The Balaban J connectivity index is 2.08. The van der Waals surface area contributed by atoms with Crippen LogP contribution in [0.2, 0.25) is 5.04 Å². The molecule has 0 spiro atoms. The van der Waals surface area contributed by atoms with E-state index in [2.05, 4.69) is 45.0 Å². The lowest BCUT2D eigenvalue weighted by Gasteiger charge is -2.44. The van der Waals surface area contributed by atoms with Gasteiger partial charge in [0.1, 0.15) is 11.1 Å². The molecule has 0 radical (unpaired) electrons. The van der Waals surface area contributed by atoms with Gasteiger partial charge in [-0.25, -0.2) is 9.59 Å². The lowest BCUT2D eigenvalue weighted by atomic mass is 9.99. The molecule has 6 nitrogen and oxygen atoms in total. The highest BCUT2D eigenvalue weighted by atomic mass is 28.4. The number of rotatable bonds is 5. The summed E-state index contributed by atoms with van der Waals surface area (Å²) in [5.41, 5.74) is -2.15. The Morgan fingerprint density at radius 1 is 0.941 bits per heavy atom. The molecule has 1 aliphatic rings. The van der Waals surface area contributed by atoms with Crippen LogP contribution in [0.3, 0.4) is 0 Å². The molecule has 0 bridgehead atoms. The summed E-state index contributed by atoms with van der Waals surface area (Å²) in [6.45, 7) is 13.6. The first kappa shape index (κ1) is 26.0. The summed E-state index contributed by atoms with van der Waals surface area (Å²) in [7, 11) is -2.89. The lowest BCUT2D eigenvalue weighted by Crippen LogP contribution is -2.67. The van der Waals surface area contributed by atoms with Gasteiger partial charge in [0.05, 0.1) is 12.6 Å². The van der Waals surface area contributed by atoms with E-state index in [1.807, 2.05) is 36.4 Å². The fourth-order valence-corrected chi connectivity index (χ4v) is 9.51. The smallest absolute Gasteiger partial charge is 0.411 e. The highest BCUT2D eigenvalue weighted by Crippen LogP contribution is 2.41. The number of hydrogen-bond donors (Lipinski definition) is 1. The van der Waals surface area contributed by atoms with E-state index in [1.165, 1.54) is 4.90 Å². The summed E-state index contributed by atoms with van der Waals surface area (Å²) in [5.74, 6) is -1.06. The molecular weight excluding hydrogens is 446 g/mol. The first-order valence-electron chi connectivity index (χ1n) is 11.7. The van der Waals surface area contributed by atoms with Gasteiger partial charge in [0.2, 0.25) is 0 Å². The van der Waals surface area contributed by atoms with Crippen LogP contribution in [0, 0.1) is 0 Å². The molecule has 34 heavy (non-hydrogen) atoms.